The van der Waals surface area contributed by atoms with Crippen molar-refractivity contribution in [2.45, 2.75) is 31.7 Å². The summed E-state index contributed by atoms with van der Waals surface area (Å²) < 4.78 is 0. The summed E-state index contributed by atoms with van der Waals surface area (Å²) in [6.45, 7) is 2.29. The van der Waals surface area contributed by atoms with Crippen LogP contribution in [-0.4, -0.2) is 29.2 Å². The van der Waals surface area contributed by atoms with Gasteiger partial charge in [0, 0.05) is 6.54 Å². The van der Waals surface area contributed by atoms with E-state index in [0.29, 0.717) is 19.4 Å². The van der Waals surface area contributed by atoms with E-state index in [1.165, 1.54) is 0 Å². The quantitative estimate of drug-likeness (QED) is 0.593. The molecular formula is C8H14N2O3. The maximum Gasteiger partial charge on any atom is 0.329 e. The summed E-state index contributed by atoms with van der Waals surface area (Å²) in [7, 11) is 0. The van der Waals surface area contributed by atoms with Gasteiger partial charge in [0.25, 0.3) is 0 Å². The third kappa shape index (κ3) is 1.91. The Hall–Kier alpha value is -1.26. The zero-order chi connectivity index (χ0) is 9.90. The Morgan fingerprint density at radius 2 is 2.08 bits per heavy atom. The van der Waals surface area contributed by atoms with Gasteiger partial charge in [0.1, 0.15) is 5.54 Å². The number of carbonyl (C=O) groups excluding carboxylic acids is 1. The van der Waals surface area contributed by atoms with Crippen LogP contribution >= 0.6 is 0 Å². The molecule has 0 bridgehead atoms. The van der Waals surface area contributed by atoms with Gasteiger partial charge in [0.05, 0.1) is 0 Å². The van der Waals surface area contributed by atoms with E-state index in [1.807, 2.05) is 0 Å². The van der Waals surface area contributed by atoms with Crippen LogP contribution in [0.2, 0.25) is 0 Å². The largest absolute Gasteiger partial charge is 0.480 e. The van der Waals surface area contributed by atoms with Gasteiger partial charge in [0.2, 0.25) is 0 Å². The van der Waals surface area contributed by atoms with Crippen molar-refractivity contribution in [1.82, 2.24) is 10.6 Å². The fraction of sp³-hybridized carbons (Fsp3) is 0.750. The molecule has 1 fully saturated rings. The lowest BCUT2D eigenvalue weighted by molar-refractivity contribution is -0.148. The molecule has 0 unspecified atom stereocenters. The lowest BCUT2D eigenvalue weighted by atomic mass is 9.77. The van der Waals surface area contributed by atoms with Crippen molar-refractivity contribution in [1.29, 1.82) is 0 Å². The number of aliphatic carboxylic acids is 1. The lowest BCUT2D eigenvalue weighted by Gasteiger charge is -2.38. The van der Waals surface area contributed by atoms with Crippen molar-refractivity contribution < 1.29 is 14.7 Å². The monoisotopic (exact) mass is 186 g/mol. The van der Waals surface area contributed by atoms with Crippen LogP contribution in [0.3, 0.4) is 0 Å². The van der Waals surface area contributed by atoms with Gasteiger partial charge in [-0.25, -0.2) is 9.59 Å². The highest BCUT2D eigenvalue weighted by Gasteiger charge is 2.45. The molecule has 0 radical (unpaired) electrons. The molecule has 0 heterocycles. The number of carboxylic acids is 1. The van der Waals surface area contributed by atoms with E-state index in [2.05, 4.69) is 10.6 Å². The minimum atomic E-state index is -1.00. The topological polar surface area (TPSA) is 78.4 Å². The fourth-order valence-corrected chi connectivity index (χ4v) is 1.34. The van der Waals surface area contributed by atoms with Crippen LogP contribution < -0.4 is 10.6 Å². The number of carbonyl (C=O) groups is 2. The Morgan fingerprint density at radius 3 is 2.38 bits per heavy atom. The van der Waals surface area contributed by atoms with Gasteiger partial charge in [-0.2, -0.15) is 0 Å². The summed E-state index contributed by atoms with van der Waals surface area (Å²) in [6.07, 6.45) is 1.91. The van der Waals surface area contributed by atoms with Gasteiger partial charge in [-0.1, -0.05) is 0 Å². The van der Waals surface area contributed by atoms with Crippen LogP contribution in [0, 0.1) is 0 Å². The molecule has 5 heteroatoms. The van der Waals surface area contributed by atoms with Gasteiger partial charge in [-0.15, -0.1) is 0 Å². The Balaban J connectivity index is 2.49. The molecule has 0 aliphatic heterocycles. The minimum absolute atomic E-state index is 0.399. The Labute approximate surface area is 76.5 Å². The van der Waals surface area contributed by atoms with Crippen LogP contribution in [0.1, 0.15) is 26.2 Å². The summed E-state index contributed by atoms with van der Waals surface area (Å²) in [4.78, 5) is 21.9. The van der Waals surface area contributed by atoms with Crippen molar-refractivity contribution in [2.24, 2.45) is 0 Å². The molecule has 74 valence electrons. The predicted molar refractivity (Wildman–Crippen MR) is 46.4 cm³/mol. The van der Waals surface area contributed by atoms with E-state index >= 15 is 0 Å². The maximum absolute atomic E-state index is 11.1. The zero-order valence-electron chi connectivity index (χ0n) is 7.59. The van der Waals surface area contributed by atoms with Crippen molar-refractivity contribution in [3.63, 3.8) is 0 Å². The highest BCUT2D eigenvalue weighted by Crippen LogP contribution is 2.31. The van der Waals surface area contributed by atoms with Crippen molar-refractivity contribution >= 4 is 12.0 Å². The number of nitrogens with one attached hydrogen (secondary N) is 2. The highest BCUT2D eigenvalue weighted by atomic mass is 16.4. The second-order valence-electron chi connectivity index (χ2n) is 3.23. The second kappa shape index (κ2) is 3.64. The number of rotatable bonds is 3. The van der Waals surface area contributed by atoms with Crippen LogP contribution in [0.15, 0.2) is 0 Å². The van der Waals surface area contributed by atoms with Gasteiger partial charge < -0.3 is 15.7 Å². The molecule has 3 N–H and O–H groups in total. The Morgan fingerprint density at radius 1 is 1.46 bits per heavy atom. The smallest absolute Gasteiger partial charge is 0.329 e. The number of hydrogen-bond acceptors (Lipinski definition) is 2. The molecule has 0 aromatic heterocycles. The molecule has 1 saturated carbocycles. The van der Waals surface area contributed by atoms with E-state index in [9.17, 15) is 9.59 Å². The molecular weight excluding hydrogens is 172 g/mol. The third-order valence-electron chi connectivity index (χ3n) is 2.31. The van der Waals surface area contributed by atoms with Gasteiger partial charge in [0.15, 0.2) is 0 Å². The molecule has 0 atom stereocenters. The maximum atomic E-state index is 11.1. The number of hydrogen-bond donors (Lipinski definition) is 3. The van der Waals surface area contributed by atoms with E-state index in [-0.39, 0.29) is 0 Å². The van der Waals surface area contributed by atoms with Gasteiger partial charge in [-0.05, 0) is 26.2 Å². The van der Waals surface area contributed by atoms with Crippen molar-refractivity contribution in [3.8, 4) is 0 Å². The summed E-state index contributed by atoms with van der Waals surface area (Å²) >= 11 is 0. The lowest BCUT2D eigenvalue weighted by Crippen LogP contribution is -2.61. The fourth-order valence-electron chi connectivity index (χ4n) is 1.34. The van der Waals surface area contributed by atoms with E-state index in [1.54, 1.807) is 6.92 Å². The van der Waals surface area contributed by atoms with Crippen molar-refractivity contribution in [3.05, 3.63) is 0 Å². The standard InChI is InChI=1S/C8H14N2O3/c1-2-9-7(13)10-8(6(11)12)4-3-5-8/h2-5H2,1H3,(H,11,12)(H2,9,10,13). The van der Waals surface area contributed by atoms with E-state index in [0.717, 1.165) is 6.42 Å². The van der Waals surface area contributed by atoms with E-state index in [4.69, 9.17) is 5.11 Å². The SMILES string of the molecule is CCNC(=O)NC1(C(=O)O)CCC1. The molecule has 0 aromatic carbocycles. The molecule has 0 spiro atoms. The molecule has 2 amide bonds. The first-order chi connectivity index (χ1) is 6.10. The first-order valence-electron chi connectivity index (χ1n) is 4.40. The Bertz CT molecular complexity index is 223. The molecule has 1 aliphatic carbocycles. The van der Waals surface area contributed by atoms with Gasteiger partial charge in [-0.3, -0.25) is 0 Å². The molecule has 1 aliphatic rings. The average molecular weight is 186 g/mol. The number of carboxylic acid groups (broad SMARTS) is 1. The normalized spacial score (nSPS) is 18.5. The van der Waals surface area contributed by atoms with Crippen molar-refractivity contribution in [2.75, 3.05) is 6.54 Å². The van der Waals surface area contributed by atoms with Crippen LogP contribution in [-0.2, 0) is 4.79 Å². The van der Waals surface area contributed by atoms with Crippen LogP contribution in [0.4, 0.5) is 4.79 Å². The second-order valence-corrected chi connectivity index (χ2v) is 3.23. The number of amides is 2. The molecule has 0 saturated heterocycles. The minimum Gasteiger partial charge on any atom is -0.480 e. The summed E-state index contributed by atoms with van der Waals surface area (Å²) in [5, 5.41) is 13.8. The molecule has 13 heavy (non-hydrogen) atoms. The average Bonchev–Trinajstić information content (AvgIpc) is 1.96. The first kappa shape index (κ1) is 9.83. The summed E-state index contributed by atoms with van der Waals surface area (Å²) in [5.74, 6) is -0.940. The molecule has 5 nitrogen and oxygen atoms in total. The Kier molecular flexibility index (Phi) is 2.75. The van der Waals surface area contributed by atoms with E-state index < -0.39 is 17.5 Å². The molecule has 0 aromatic rings. The third-order valence-corrected chi connectivity index (χ3v) is 2.31. The first-order valence-corrected chi connectivity index (χ1v) is 4.40. The zero-order valence-corrected chi connectivity index (χ0v) is 7.59. The van der Waals surface area contributed by atoms with Gasteiger partial charge >= 0.3 is 12.0 Å². The summed E-state index contributed by atoms with van der Waals surface area (Å²) in [5.41, 5.74) is -1.00. The highest BCUT2D eigenvalue weighted by molar-refractivity contribution is 5.87. The number of urea groups is 1. The predicted octanol–water partition coefficient (Wildman–Crippen LogP) is 0.313. The summed E-state index contributed by atoms with van der Waals surface area (Å²) in [6, 6.07) is -0.399. The molecule has 1 rings (SSSR count). The van der Waals surface area contributed by atoms with Crippen LogP contribution in [0.5, 0.6) is 0 Å². The van der Waals surface area contributed by atoms with Crippen LogP contribution in [0.25, 0.3) is 0 Å².